The maximum Gasteiger partial charge on any atom is 0.268 e. The second-order valence-corrected chi connectivity index (χ2v) is 11.5. The molecule has 186 valence electrons. The zero-order chi connectivity index (χ0) is 26.1. The Morgan fingerprint density at radius 2 is 1.65 bits per heavy atom. The van der Waals surface area contributed by atoms with Crippen LogP contribution >= 0.6 is 23.1 Å². The molecule has 1 unspecified atom stereocenters. The fourth-order valence-corrected chi connectivity index (χ4v) is 6.39. The van der Waals surface area contributed by atoms with Crippen LogP contribution in [0.2, 0.25) is 0 Å². The van der Waals surface area contributed by atoms with E-state index in [1.807, 2.05) is 107 Å². The van der Waals surface area contributed by atoms with E-state index in [4.69, 9.17) is 4.98 Å². The molecule has 0 bridgehead atoms. The minimum absolute atomic E-state index is 0.135. The number of hydrogen-bond donors (Lipinski definition) is 1. The molecule has 5 nitrogen and oxygen atoms in total. The van der Waals surface area contributed by atoms with Crippen LogP contribution < -0.4 is 10.9 Å². The summed E-state index contributed by atoms with van der Waals surface area (Å²) in [6.07, 6.45) is 0. The van der Waals surface area contributed by atoms with E-state index in [1.54, 1.807) is 4.57 Å². The van der Waals surface area contributed by atoms with Crippen LogP contribution in [0, 0.1) is 20.8 Å². The van der Waals surface area contributed by atoms with Crippen LogP contribution in [0.15, 0.2) is 88.8 Å². The van der Waals surface area contributed by atoms with Crippen molar-refractivity contribution in [2.75, 3.05) is 5.32 Å². The van der Waals surface area contributed by atoms with Crippen LogP contribution in [-0.4, -0.2) is 20.7 Å². The summed E-state index contributed by atoms with van der Waals surface area (Å²) < 4.78 is 1.63. The lowest BCUT2D eigenvalue weighted by Crippen LogP contribution is -2.26. The van der Waals surface area contributed by atoms with Crippen LogP contribution in [0.4, 0.5) is 5.69 Å². The van der Waals surface area contributed by atoms with Crippen molar-refractivity contribution in [1.29, 1.82) is 0 Å². The summed E-state index contributed by atoms with van der Waals surface area (Å²) in [7, 11) is 0. The molecular weight excluding hydrogens is 498 g/mol. The van der Waals surface area contributed by atoms with E-state index in [-0.39, 0.29) is 11.5 Å². The molecule has 0 saturated carbocycles. The van der Waals surface area contributed by atoms with Gasteiger partial charge in [0.15, 0.2) is 5.16 Å². The minimum Gasteiger partial charge on any atom is -0.325 e. The Balaban J connectivity index is 1.59. The Hall–Kier alpha value is -3.68. The van der Waals surface area contributed by atoms with Gasteiger partial charge in [-0.1, -0.05) is 78.0 Å². The van der Waals surface area contributed by atoms with Gasteiger partial charge in [-0.2, -0.15) is 0 Å². The summed E-state index contributed by atoms with van der Waals surface area (Å²) in [5.74, 6) is -0.141. The average molecular weight is 526 g/mol. The molecule has 37 heavy (non-hydrogen) atoms. The summed E-state index contributed by atoms with van der Waals surface area (Å²) in [5.41, 5.74) is 5.43. The maximum absolute atomic E-state index is 14.1. The lowest BCUT2D eigenvalue weighted by atomic mass is 10.0. The number of carbonyl (C=O) groups excluding carboxylic acids is 1. The first-order chi connectivity index (χ1) is 17.8. The molecule has 0 spiro atoms. The monoisotopic (exact) mass is 525 g/mol. The number of benzene rings is 3. The minimum atomic E-state index is -0.477. The van der Waals surface area contributed by atoms with Crippen molar-refractivity contribution in [2.24, 2.45) is 0 Å². The van der Waals surface area contributed by atoms with Gasteiger partial charge in [0.05, 0.1) is 16.3 Å². The molecule has 5 aromatic rings. The van der Waals surface area contributed by atoms with Crippen molar-refractivity contribution in [2.45, 2.75) is 38.1 Å². The number of para-hydroxylation sites is 1. The number of nitrogens with one attached hydrogen (secondary N) is 1. The van der Waals surface area contributed by atoms with Crippen molar-refractivity contribution in [3.05, 3.63) is 105 Å². The second-order valence-electron chi connectivity index (χ2n) is 9.02. The summed E-state index contributed by atoms with van der Waals surface area (Å²) in [6.45, 7) is 7.86. The van der Waals surface area contributed by atoms with E-state index >= 15 is 0 Å². The smallest absolute Gasteiger partial charge is 0.268 e. The SMILES string of the molecule is Cc1ccc(NC(=O)C(C)Sc2nc3sc(C)c(-c4ccccc4)c3c(=O)n2-c2ccccc2)c(C)c1. The topological polar surface area (TPSA) is 64.0 Å². The normalized spacial score (nSPS) is 12.0. The molecule has 0 radical (unpaired) electrons. The molecule has 7 heteroatoms. The number of rotatable bonds is 6. The van der Waals surface area contributed by atoms with Gasteiger partial charge in [0, 0.05) is 16.1 Å². The molecule has 0 fully saturated rings. The van der Waals surface area contributed by atoms with Crippen molar-refractivity contribution in [1.82, 2.24) is 9.55 Å². The van der Waals surface area contributed by atoms with Crippen LogP contribution in [0.1, 0.15) is 22.9 Å². The highest BCUT2D eigenvalue weighted by Crippen LogP contribution is 2.37. The zero-order valence-electron chi connectivity index (χ0n) is 21.1. The fourth-order valence-electron chi connectivity index (χ4n) is 4.38. The number of hydrogen-bond acceptors (Lipinski definition) is 5. The summed E-state index contributed by atoms with van der Waals surface area (Å²) >= 11 is 2.80. The molecule has 2 heterocycles. The van der Waals surface area contributed by atoms with Crippen LogP contribution in [0.3, 0.4) is 0 Å². The Morgan fingerprint density at radius 1 is 0.973 bits per heavy atom. The number of thiophene rings is 1. The lowest BCUT2D eigenvalue weighted by molar-refractivity contribution is -0.115. The van der Waals surface area contributed by atoms with Gasteiger partial charge in [-0.25, -0.2) is 4.98 Å². The fraction of sp³-hybridized carbons (Fsp3) is 0.167. The Bertz CT molecular complexity index is 1660. The lowest BCUT2D eigenvalue weighted by Gasteiger charge is -2.17. The first kappa shape index (κ1) is 25.0. The van der Waals surface area contributed by atoms with Crippen LogP contribution in [-0.2, 0) is 4.79 Å². The van der Waals surface area contributed by atoms with Crippen molar-refractivity contribution >= 4 is 44.9 Å². The number of aromatic nitrogens is 2. The maximum atomic E-state index is 14.1. The van der Waals surface area contributed by atoms with Crippen molar-refractivity contribution in [3.63, 3.8) is 0 Å². The molecule has 0 aliphatic rings. The molecule has 1 amide bonds. The number of thioether (sulfide) groups is 1. The van der Waals surface area contributed by atoms with Gasteiger partial charge in [-0.05, 0) is 57.0 Å². The van der Waals surface area contributed by atoms with Gasteiger partial charge in [-0.3, -0.25) is 14.2 Å². The molecule has 0 aliphatic heterocycles. The zero-order valence-corrected chi connectivity index (χ0v) is 22.7. The molecule has 0 saturated heterocycles. The third-order valence-corrected chi connectivity index (χ3v) is 8.29. The second kappa shape index (κ2) is 10.4. The molecular formula is C30H27N3O2S2. The van der Waals surface area contributed by atoms with E-state index in [1.165, 1.54) is 23.1 Å². The number of anilines is 1. The number of nitrogens with zero attached hydrogens (tertiary/aromatic N) is 2. The average Bonchev–Trinajstić information content (AvgIpc) is 3.22. The Kier molecular flexibility index (Phi) is 7.00. The van der Waals surface area contributed by atoms with Gasteiger partial charge < -0.3 is 5.32 Å². The summed E-state index contributed by atoms with van der Waals surface area (Å²) in [5, 5.41) is 3.65. The third-order valence-electron chi connectivity index (χ3n) is 6.24. The molecule has 0 aliphatic carbocycles. The van der Waals surface area contributed by atoms with Gasteiger partial charge >= 0.3 is 0 Å². The number of aryl methyl sites for hydroxylation is 3. The molecule has 3 aromatic carbocycles. The standard InChI is InChI=1S/C30H27N3O2S2/c1-18-15-16-24(19(2)17-18)31-27(34)21(4)37-30-32-28-26(29(35)33(30)23-13-9-6-10-14-23)25(20(3)36-28)22-11-7-5-8-12-22/h5-17,21H,1-4H3,(H,31,34). The van der Waals surface area contributed by atoms with Crippen molar-refractivity contribution in [3.8, 4) is 16.8 Å². The van der Waals surface area contributed by atoms with E-state index < -0.39 is 5.25 Å². The first-order valence-corrected chi connectivity index (χ1v) is 13.7. The highest BCUT2D eigenvalue weighted by atomic mass is 32.2. The van der Waals surface area contributed by atoms with Gasteiger partial charge in [0.25, 0.3) is 5.56 Å². The quantitative estimate of drug-likeness (QED) is 0.189. The highest BCUT2D eigenvalue weighted by Gasteiger charge is 2.24. The Labute approximate surface area is 224 Å². The molecule has 1 atom stereocenters. The van der Waals surface area contributed by atoms with E-state index in [2.05, 4.69) is 5.32 Å². The van der Waals surface area contributed by atoms with Crippen molar-refractivity contribution < 1.29 is 4.79 Å². The van der Waals surface area contributed by atoms with Gasteiger partial charge in [-0.15, -0.1) is 11.3 Å². The van der Waals surface area contributed by atoms with Gasteiger partial charge in [0.1, 0.15) is 4.83 Å². The van der Waals surface area contributed by atoms with Crippen LogP contribution in [0.25, 0.3) is 27.0 Å². The first-order valence-electron chi connectivity index (χ1n) is 12.0. The predicted octanol–water partition coefficient (Wildman–Crippen LogP) is 7.16. The molecule has 1 N–H and O–H groups in total. The Morgan fingerprint density at radius 3 is 2.32 bits per heavy atom. The predicted molar refractivity (Wildman–Crippen MR) is 155 cm³/mol. The highest BCUT2D eigenvalue weighted by molar-refractivity contribution is 8.00. The number of amides is 1. The van der Waals surface area contributed by atoms with E-state index in [0.29, 0.717) is 21.1 Å². The summed E-state index contributed by atoms with van der Waals surface area (Å²) in [4.78, 5) is 33.9. The van der Waals surface area contributed by atoms with Crippen LogP contribution in [0.5, 0.6) is 0 Å². The van der Waals surface area contributed by atoms with E-state index in [9.17, 15) is 9.59 Å². The molecule has 2 aromatic heterocycles. The number of fused-ring (bicyclic) bond motifs is 1. The molecule has 5 rings (SSSR count). The summed E-state index contributed by atoms with van der Waals surface area (Å²) in [6, 6.07) is 25.4. The third kappa shape index (κ3) is 4.97. The number of carbonyl (C=O) groups is 1. The largest absolute Gasteiger partial charge is 0.325 e. The van der Waals surface area contributed by atoms with E-state index in [0.717, 1.165) is 32.8 Å². The van der Waals surface area contributed by atoms with Gasteiger partial charge in [0.2, 0.25) is 5.91 Å².